The van der Waals surface area contributed by atoms with Crippen LogP contribution in [0.3, 0.4) is 0 Å². The normalized spacial score (nSPS) is 23.0. The van der Waals surface area contributed by atoms with E-state index >= 15 is 0 Å². The smallest absolute Gasteiger partial charge is 0.320 e. The van der Waals surface area contributed by atoms with Crippen molar-refractivity contribution >= 4 is 5.97 Å². The van der Waals surface area contributed by atoms with E-state index in [9.17, 15) is 4.79 Å². The van der Waals surface area contributed by atoms with E-state index in [1.807, 2.05) is 18.7 Å². The fourth-order valence-corrected chi connectivity index (χ4v) is 1.78. The van der Waals surface area contributed by atoms with Crippen LogP contribution in [0.1, 0.15) is 26.7 Å². The van der Waals surface area contributed by atoms with Gasteiger partial charge < -0.3 is 9.84 Å². The Morgan fingerprint density at radius 1 is 1.64 bits per heavy atom. The highest BCUT2D eigenvalue weighted by atomic mass is 16.5. The molecule has 1 rings (SSSR count). The zero-order chi connectivity index (χ0) is 10.6. The van der Waals surface area contributed by atoms with Gasteiger partial charge in [-0.05, 0) is 33.2 Å². The van der Waals surface area contributed by atoms with E-state index in [2.05, 4.69) is 0 Å². The van der Waals surface area contributed by atoms with Crippen LogP contribution in [0.2, 0.25) is 0 Å². The summed E-state index contributed by atoms with van der Waals surface area (Å²) < 4.78 is 5.04. The zero-order valence-corrected chi connectivity index (χ0v) is 8.90. The third kappa shape index (κ3) is 3.27. The number of nitrogens with zero attached hydrogens (tertiary/aromatic N) is 1. The lowest BCUT2D eigenvalue weighted by atomic mass is 10.2. The molecule has 0 amide bonds. The zero-order valence-electron chi connectivity index (χ0n) is 8.90. The quantitative estimate of drug-likeness (QED) is 0.669. The first-order valence-electron chi connectivity index (χ1n) is 5.18. The Balaban J connectivity index is 2.32. The average molecular weight is 201 g/mol. The summed E-state index contributed by atoms with van der Waals surface area (Å²) in [4.78, 5) is 13.3. The molecular formula is C10H19NO3. The molecule has 1 N–H and O–H groups in total. The van der Waals surface area contributed by atoms with Gasteiger partial charge in [-0.2, -0.15) is 0 Å². The van der Waals surface area contributed by atoms with Gasteiger partial charge in [-0.25, -0.2) is 0 Å². The molecule has 0 saturated carbocycles. The van der Waals surface area contributed by atoms with E-state index in [0.29, 0.717) is 6.54 Å². The van der Waals surface area contributed by atoms with E-state index in [4.69, 9.17) is 9.84 Å². The van der Waals surface area contributed by atoms with E-state index < -0.39 is 0 Å². The second-order valence-electron chi connectivity index (χ2n) is 3.99. The van der Waals surface area contributed by atoms with Gasteiger partial charge in [0, 0.05) is 6.04 Å². The van der Waals surface area contributed by atoms with Crippen molar-refractivity contribution in [1.29, 1.82) is 0 Å². The summed E-state index contributed by atoms with van der Waals surface area (Å²) in [6, 6.07) is 0.148. The standard InChI is InChI=1S/C10H19NO3/c1-8(2)14-10(13)6-11-5-3-4-9(11)7-12/h8-9,12H,3-7H2,1-2H3/t9-/m0/s1. The molecule has 0 aromatic carbocycles. The van der Waals surface area contributed by atoms with Crippen molar-refractivity contribution in [2.24, 2.45) is 0 Å². The molecule has 4 nitrogen and oxygen atoms in total. The highest BCUT2D eigenvalue weighted by Gasteiger charge is 2.25. The van der Waals surface area contributed by atoms with Crippen molar-refractivity contribution in [3.8, 4) is 0 Å². The van der Waals surface area contributed by atoms with Gasteiger partial charge in [0.2, 0.25) is 0 Å². The van der Waals surface area contributed by atoms with Gasteiger partial charge in [0.1, 0.15) is 0 Å². The summed E-state index contributed by atoms with van der Waals surface area (Å²) in [7, 11) is 0. The number of carbonyl (C=O) groups excluding carboxylic acids is 1. The molecule has 1 atom stereocenters. The number of rotatable bonds is 4. The summed E-state index contributed by atoms with van der Waals surface area (Å²) in [5.74, 6) is -0.194. The predicted molar refractivity (Wildman–Crippen MR) is 52.9 cm³/mol. The molecule has 0 radical (unpaired) electrons. The van der Waals surface area contributed by atoms with Crippen LogP contribution >= 0.6 is 0 Å². The van der Waals surface area contributed by atoms with Gasteiger partial charge in [0.25, 0.3) is 0 Å². The number of aliphatic hydroxyl groups is 1. The Morgan fingerprint density at radius 2 is 2.36 bits per heavy atom. The number of esters is 1. The number of ether oxygens (including phenoxy) is 1. The first-order chi connectivity index (χ1) is 6.63. The second-order valence-corrected chi connectivity index (χ2v) is 3.99. The molecule has 1 aliphatic rings. The molecule has 1 aliphatic heterocycles. The molecule has 4 heteroatoms. The lowest BCUT2D eigenvalue weighted by molar-refractivity contribution is -0.149. The average Bonchev–Trinajstić information content (AvgIpc) is 2.50. The van der Waals surface area contributed by atoms with E-state index in [-0.39, 0.29) is 24.7 Å². The van der Waals surface area contributed by atoms with Crippen molar-refractivity contribution in [1.82, 2.24) is 4.90 Å². The number of hydrogen-bond donors (Lipinski definition) is 1. The highest BCUT2D eigenvalue weighted by molar-refractivity contribution is 5.71. The largest absolute Gasteiger partial charge is 0.462 e. The summed E-state index contributed by atoms with van der Waals surface area (Å²) in [6.45, 7) is 5.01. The summed E-state index contributed by atoms with van der Waals surface area (Å²) in [6.07, 6.45) is 1.98. The Morgan fingerprint density at radius 3 is 2.93 bits per heavy atom. The minimum atomic E-state index is -0.194. The second kappa shape index (κ2) is 5.32. The number of aliphatic hydroxyl groups excluding tert-OH is 1. The van der Waals surface area contributed by atoms with Gasteiger partial charge in [0.15, 0.2) is 0 Å². The van der Waals surface area contributed by atoms with Gasteiger partial charge in [-0.3, -0.25) is 9.69 Å². The molecule has 0 spiro atoms. The maximum Gasteiger partial charge on any atom is 0.320 e. The van der Waals surface area contributed by atoms with E-state index in [1.165, 1.54) is 0 Å². The lowest BCUT2D eigenvalue weighted by Gasteiger charge is -2.21. The van der Waals surface area contributed by atoms with E-state index in [0.717, 1.165) is 19.4 Å². The van der Waals surface area contributed by atoms with Gasteiger partial charge in [-0.15, -0.1) is 0 Å². The van der Waals surface area contributed by atoms with Crippen molar-refractivity contribution < 1.29 is 14.6 Å². The first-order valence-corrected chi connectivity index (χ1v) is 5.18. The lowest BCUT2D eigenvalue weighted by Crippen LogP contribution is -2.37. The monoisotopic (exact) mass is 201 g/mol. The third-order valence-electron chi connectivity index (χ3n) is 2.41. The molecule has 0 aliphatic carbocycles. The van der Waals surface area contributed by atoms with Crippen LogP contribution < -0.4 is 0 Å². The van der Waals surface area contributed by atoms with Gasteiger partial charge in [0.05, 0.1) is 19.3 Å². The molecule has 14 heavy (non-hydrogen) atoms. The summed E-state index contributed by atoms with van der Waals surface area (Å²) >= 11 is 0. The third-order valence-corrected chi connectivity index (χ3v) is 2.41. The molecule has 0 bridgehead atoms. The fourth-order valence-electron chi connectivity index (χ4n) is 1.78. The minimum Gasteiger partial charge on any atom is -0.462 e. The van der Waals surface area contributed by atoms with Crippen LogP contribution in [0.4, 0.5) is 0 Å². The maximum atomic E-state index is 11.3. The number of carbonyl (C=O) groups is 1. The fraction of sp³-hybridized carbons (Fsp3) is 0.900. The molecular weight excluding hydrogens is 182 g/mol. The first kappa shape index (κ1) is 11.5. The van der Waals surface area contributed by atoms with Crippen molar-refractivity contribution in [2.45, 2.75) is 38.8 Å². The summed E-state index contributed by atoms with van der Waals surface area (Å²) in [5, 5.41) is 9.04. The predicted octanol–water partition coefficient (Wildman–Crippen LogP) is 0.395. The van der Waals surface area contributed by atoms with Crippen LogP contribution in [0, 0.1) is 0 Å². The number of likely N-dealkylation sites (tertiary alicyclic amines) is 1. The van der Waals surface area contributed by atoms with Gasteiger partial charge in [-0.1, -0.05) is 0 Å². The Hall–Kier alpha value is -0.610. The molecule has 1 saturated heterocycles. The molecule has 0 aromatic rings. The van der Waals surface area contributed by atoms with Crippen molar-refractivity contribution in [2.75, 3.05) is 19.7 Å². The highest BCUT2D eigenvalue weighted by Crippen LogP contribution is 2.16. The number of hydrogen-bond acceptors (Lipinski definition) is 4. The van der Waals surface area contributed by atoms with Crippen molar-refractivity contribution in [3.63, 3.8) is 0 Å². The maximum absolute atomic E-state index is 11.3. The van der Waals surface area contributed by atoms with Gasteiger partial charge >= 0.3 is 5.97 Å². The Kier molecular flexibility index (Phi) is 4.35. The van der Waals surface area contributed by atoms with Crippen LogP contribution in [0.5, 0.6) is 0 Å². The molecule has 0 unspecified atom stereocenters. The topological polar surface area (TPSA) is 49.8 Å². The summed E-state index contributed by atoms with van der Waals surface area (Å²) in [5.41, 5.74) is 0. The van der Waals surface area contributed by atoms with Crippen LogP contribution in [-0.4, -0.2) is 47.8 Å². The van der Waals surface area contributed by atoms with Crippen LogP contribution in [0.15, 0.2) is 0 Å². The minimum absolute atomic E-state index is 0.0577. The molecule has 1 heterocycles. The van der Waals surface area contributed by atoms with Crippen LogP contribution in [-0.2, 0) is 9.53 Å². The van der Waals surface area contributed by atoms with Crippen molar-refractivity contribution in [3.05, 3.63) is 0 Å². The molecule has 0 aromatic heterocycles. The SMILES string of the molecule is CC(C)OC(=O)CN1CCC[C@H]1CO. The Labute approximate surface area is 84.8 Å². The molecule has 82 valence electrons. The van der Waals surface area contributed by atoms with E-state index in [1.54, 1.807) is 0 Å². The Bertz CT molecular complexity index is 194. The van der Waals surface area contributed by atoms with Crippen LogP contribution in [0.25, 0.3) is 0 Å². The molecule has 1 fully saturated rings.